The van der Waals surface area contributed by atoms with Crippen LogP contribution in [-0.2, 0) is 16.6 Å². The number of halogens is 1. The molecular weight excluding hydrogens is 407 g/mol. The van der Waals surface area contributed by atoms with E-state index in [2.05, 4.69) is 10.0 Å². The maximum Gasteiger partial charge on any atom is 0.251 e. The summed E-state index contributed by atoms with van der Waals surface area (Å²) in [4.78, 5) is 12.5. The topological polar surface area (TPSA) is 84.5 Å². The van der Waals surface area contributed by atoms with Crippen molar-refractivity contribution in [2.75, 3.05) is 7.11 Å². The largest absolute Gasteiger partial charge is 0.495 e. The summed E-state index contributed by atoms with van der Waals surface area (Å²) in [5.74, 6) is -0.345. The minimum atomic E-state index is -3.86. The number of hydrogen-bond donors (Lipinski definition) is 2. The number of benzene rings is 2. The molecule has 0 heterocycles. The fourth-order valence-electron chi connectivity index (χ4n) is 3.67. The number of nitrogens with one attached hydrogen (secondary N) is 2. The van der Waals surface area contributed by atoms with Crippen molar-refractivity contribution < 1.29 is 22.3 Å². The van der Waals surface area contributed by atoms with Gasteiger partial charge in [0.25, 0.3) is 5.91 Å². The molecule has 0 spiro atoms. The first kappa shape index (κ1) is 22.2. The molecular formula is C22H27FN2O4S. The number of carbonyl (C=O) groups is 1. The van der Waals surface area contributed by atoms with Crippen molar-refractivity contribution >= 4 is 15.9 Å². The fraction of sp³-hybridized carbons (Fsp3) is 0.409. The number of sulfonamides is 1. The van der Waals surface area contributed by atoms with Crippen LogP contribution >= 0.6 is 0 Å². The Morgan fingerprint density at radius 3 is 2.50 bits per heavy atom. The summed E-state index contributed by atoms with van der Waals surface area (Å²) in [5.41, 5.74) is 0.939. The molecule has 2 atom stereocenters. The lowest BCUT2D eigenvalue weighted by Gasteiger charge is -2.29. The smallest absolute Gasteiger partial charge is 0.251 e. The number of hydrogen-bond acceptors (Lipinski definition) is 4. The summed E-state index contributed by atoms with van der Waals surface area (Å²) in [7, 11) is -2.47. The normalized spacial score (nSPS) is 19.3. The van der Waals surface area contributed by atoms with Crippen molar-refractivity contribution in [3.63, 3.8) is 0 Å². The van der Waals surface area contributed by atoms with E-state index in [4.69, 9.17) is 4.74 Å². The van der Waals surface area contributed by atoms with Gasteiger partial charge in [0.15, 0.2) is 0 Å². The average Bonchev–Trinajstić information content (AvgIpc) is 2.74. The van der Waals surface area contributed by atoms with Crippen molar-refractivity contribution in [1.82, 2.24) is 10.0 Å². The fourth-order valence-corrected chi connectivity index (χ4v) is 5.24. The van der Waals surface area contributed by atoms with Gasteiger partial charge < -0.3 is 10.1 Å². The zero-order valence-corrected chi connectivity index (χ0v) is 18.0. The Bertz CT molecular complexity index is 993. The van der Waals surface area contributed by atoms with Gasteiger partial charge in [-0.05, 0) is 54.7 Å². The van der Waals surface area contributed by atoms with Crippen LogP contribution in [0.2, 0.25) is 0 Å². The number of carbonyl (C=O) groups excluding carboxylic acids is 1. The Balaban J connectivity index is 1.78. The predicted octanol–water partition coefficient (Wildman–Crippen LogP) is 3.62. The summed E-state index contributed by atoms with van der Waals surface area (Å²) in [6.45, 7) is 2.24. The Hall–Kier alpha value is -2.45. The van der Waals surface area contributed by atoms with Crippen LogP contribution in [0.3, 0.4) is 0 Å². The van der Waals surface area contributed by atoms with E-state index < -0.39 is 15.9 Å². The van der Waals surface area contributed by atoms with Crippen LogP contribution in [0.1, 0.15) is 48.5 Å². The van der Waals surface area contributed by atoms with Crippen molar-refractivity contribution in [3.05, 3.63) is 59.4 Å². The number of rotatable bonds is 7. The minimum Gasteiger partial charge on any atom is -0.495 e. The highest BCUT2D eigenvalue weighted by atomic mass is 32.2. The van der Waals surface area contributed by atoms with Crippen molar-refractivity contribution in [3.8, 4) is 5.75 Å². The van der Waals surface area contributed by atoms with Gasteiger partial charge in [-0.1, -0.05) is 31.9 Å². The van der Waals surface area contributed by atoms with Crippen molar-refractivity contribution in [2.45, 2.75) is 50.1 Å². The molecule has 0 bridgehead atoms. The molecule has 8 heteroatoms. The molecule has 1 fully saturated rings. The van der Waals surface area contributed by atoms with Gasteiger partial charge in [-0.3, -0.25) is 4.79 Å². The standard InChI is InChI=1S/C22H27FN2O4S/c1-15-5-3-4-6-19(15)25-30(27,28)21-13-17(9-12-20(21)29-2)22(26)24-14-16-7-10-18(23)11-8-16/h7-13,15,19,25H,3-6,14H2,1-2H3,(H,24,26)/t15-,19-/m1/s1. The molecule has 2 N–H and O–H groups in total. The van der Waals surface area contributed by atoms with Gasteiger partial charge in [-0.15, -0.1) is 0 Å². The predicted molar refractivity (Wildman–Crippen MR) is 112 cm³/mol. The Morgan fingerprint density at radius 1 is 1.13 bits per heavy atom. The molecule has 30 heavy (non-hydrogen) atoms. The van der Waals surface area contributed by atoms with Crippen molar-refractivity contribution in [1.29, 1.82) is 0 Å². The molecule has 0 aromatic heterocycles. The third-order valence-electron chi connectivity index (χ3n) is 5.50. The van der Waals surface area contributed by atoms with Crippen LogP contribution in [0.25, 0.3) is 0 Å². The quantitative estimate of drug-likeness (QED) is 0.697. The molecule has 0 aliphatic heterocycles. The van der Waals surface area contributed by atoms with E-state index in [1.807, 2.05) is 6.92 Å². The second-order valence-corrected chi connectivity index (χ2v) is 9.35. The van der Waals surface area contributed by atoms with Crippen LogP contribution in [0.5, 0.6) is 5.75 Å². The summed E-state index contributed by atoms with van der Waals surface area (Å²) in [6, 6.07) is 9.98. The Kier molecular flexibility index (Phi) is 7.10. The summed E-state index contributed by atoms with van der Waals surface area (Å²) in [5, 5.41) is 2.72. The van der Waals surface area contributed by atoms with Crippen LogP contribution in [0.4, 0.5) is 4.39 Å². The van der Waals surface area contributed by atoms with Gasteiger partial charge in [0.05, 0.1) is 7.11 Å². The van der Waals surface area contributed by atoms with Crippen LogP contribution in [-0.4, -0.2) is 27.5 Å². The van der Waals surface area contributed by atoms with Crippen LogP contribution < -0.4 is 14.8 Å². The van der Waals surface area contributed by atoms with E-state index in [-0.39, 0.29) is 40.5 Å². The van der Waals surface area contributed by atoms with E-state index in [0.29, 0.717) is 0 Å². The molecule has 1 aliphatic carbocycles. The molecule has 2 aromatic carbocycles. The molecule has 0 saturated heterocycles. The lowest BCUT2D eigenvalue weighted by Crippen LogP contribution is -2.41. The zero-order valence-electron chi connectivity index (χ0n) is 17.2. The first-order chi connectivity index (χ1) is 14.3. The summed E-state index contributed by atoms with van der Waals surface area (Å²) >= 11 is 0. The van der Waals surface area contributed by atoms with Gasteiger partial charge in [0, 0.05) is 18.2 Å². The highest BCUT2D eigenvalue weighted by molar-refractivity contribution is 7.89. The summed E-state index contributed by atoms with van der Waals surface area (Å²) < 4.78 is 47.1. The monoisotopic (exact) mass is 434 g/mol. The molecule has 1 saturated carbocycles. The number of ether oxygens (including phenoxy) is 1. The van der Waals surface area contributed by atoms with Gasteiger partial charge in [-0.25, -0.2) is 17.5 Å². The van der Waals surface area contributed by atoms with Gasteiger partial charge in [0.2, 0.25) is 10.0 Å². The molecule has 1 aliphatic rings. The molecule has 2 aromatic rings. The van der Waals surface area contributed by atoms with Gasteiger partial charge in [-0.2, -0.15) is 0 Å². The second kappa shape index (κ2) is 9.57. The SMILES string of the molecule is COc1ccc(C(=O)NCc2ccc(F)cc2)cc1S(=O)(=O)N[C@@H]1CCCC[C@H]1C. The molecule has 0 radical (unpaired) electrons. The number of methoxy groups -OCH3 is 1. The summed E-state index contributed by atoms with van der Waals surface area (Å²) in [6.07, 6.45) is 3.86. The molecule has 0 unspecified atom stereocenters. The van der Waals surface area contributed by atoms with E-state index in [1.165, 1.54) is 37.4 Å². The van der Waals surface area contributed by atoms with E-state index >= 15 is 0 Å². The van der Waals surface area contributed by atoms with E-state index in [9.17, 15) is 17.6 Å². The van der Waals surface area contributed by atoms with E-state index in [0.717, 1.165) is 31.2 Å². The third-order valence-corrected chi connectivity index (χ3v) is 7.01. The maximum atomic E-state index is 13.1. The zero-order chi connectivity index (χ0) is 21.7. The number of amides is 1. The maximum absolute atomic E-state index is 13.1. The molecule has 162 valence electrons. The Labute approximate surface area is 176 Å². The first-order valence-corrected chi connectivity index (χ1v) is 11.5. The lowest BCUT2D eigenvalue weighted by atomic mass is 9.87. The van der Waals surface area contributed by atoms with Crippen LogP contribution in [0, 0.1) is 11.7 Å². The van der Waals surface area contributed by atoms with Crippen LogP contribution in [0.15, 0.2) is 47.4 Å². The minimum absolute atomic E-state index is 0.0581. The van der Waals surface area contributed by atoms with Gasteiger partial charge in [0.1, 0.15) is 16.5 Å². The average molecular weight is 435 g/mol. The first-order valence-electron chi connectivity index (χ1n) is 10.0. The highest BCUT2D eigenvalue weighted by Gasteiger charge is 2.29. The van der Waals surface area contributed by atoms with Gasteiger partial charge >= 0.3 is 0 Å². The lowest BCUT2D eigenvalue weighted by molar-refractivity contribution is 0.0950. The molecule has 3 rings (SSSR count). The highest BCUT2D eigenvalue weighted by Crippen LogP contribution is 2.29. The van der Waals surface area contributed by atoms with E-state index in [1.54, 1.807) is 12.1 Å². The van der Waals surface area contributed by atoms with Crippen molar-refractivity contribution in [2.24, 2.45) is 5.92 Å². The Morgan fingerprint density at radius 2 is 1.83 bits per heavy atom. The molecule has 1 amide bonds. The molecule has 6 nitrogen and oxygen atoms in total. The third kappa shape index (κ3) is 5.37. The second-order valence-electron chi connectivity index (χ2n) is 7.66.